The van der Waals surface area contributed by atoms with Gasteiger partial charge in [0.2, 0.25) is 0 Å². The Balaban J connectivity index is 2.90. The first-order chi connectivity index (χ1) is 7.12. The van der Waals surface area contributed by atoms with E-state index in [0.717, 1.165) is 25.7 Å². The van der Waals surface area contributed by atoms with Gasteiger partial charge in [-0.25, -0.2) is 0 Å². The third kappa shape index (κ3) is 2.78. The molecule has 96 valence electrons. The van der Waals surface area contributed by atoms with E-state index in [1.165, 1.54) is 6.42 Å². The molecule has 0 aromatic rings. The standard InChI is InChI=1S/C14H29NO/c1-6-7-13(5,15)14(16)9-11(2)8-12(3,4)10-14/h11,16H,6-10,15H2,1-5H3. The zero-order valence-corrected chi connectivity index (χ0v) is 11.6. The van der Waals surface area contributed by atoms with Gasteiger partial charge in [0.15, 0.2) is 0 Å². The third-order valence-electron chi connectivity index (χ3n) is 4.19. The van der Waals surface area contributed by atoms with E-state index in [0.29, 0.717) is 5.92 Å². The largest absolute Gasteiger partial charge is 0.388 e. The topological polar surface area (TPSA) is 46.2 Å². The average molecular weight is 227 g/mol. The van der Waals surface area contributed by atoms with Crippen LogP contribution in [0.1, 0.15) is 66.7 Å². The van der Waals surface area contributed by atoms with Gasteiger partial charge in [-0.1, -0.05) is 34.1 Å². The number of hydrogen-bond acceptors (Lipinski definition) is 2. The first-order valence-electron chi connectivity index (χ1n) is 6.63. The molecule has 0 saturated heterocycles. The molecule has 3 unspecified atom stereocenters. The maximum absolute atomic E-state index is 10.9. The Kier molecular flexibility index (Phi) is 3.76. The summed E-state index contributed by atoms with van der Waals surface area (Å²) >= 11 is 0. The van der Waals surface area contributed by atoms with Crippen LogP contribution in [0, 0.1) is 11.3 Å². The van der Waals surface area contributed by atoms with Crippen molar-refractivity contribution in [1.29, 1.82) is 0 Å². The molecular formula is C14H29NO. The van der Waals surface area contributed by atoms with Gasteiger partial charge in [-0.05, 0) is 43.9 Å². The quantitative estimate of drug-likeness (QED) is 0.778. The number of hydrogen-bond donors (Lipinski definition) is 2. The predicted molar refractivity (Wildman–Crippen MR) is 69.2 cm³/mol. The lowest BCUT2D eigenvalue weighted by atomic mass is 9.59. The van der Waals surface area contributed by atoms with Gasteiger partial charge < -0.3 is 10.8 Å². The molecule has 0 aromatic carbocycles. The van der Waals surface area contributed by atoms with Crippen molar-refractivity contribution >= 4 is 0 Å². The predicted octanol–water partition coefficient (Wildman–Crippen LogP) is 3.08. The van der Waals surface area contributed by atoms with Crippen molar-refractivity contribution < 1.29 is 5.11 Å². The summed E-state index contributed by atoms with van der Waals surface area (Å²) in [6, 6.07) is 0. The van der Waals surface area contributed by atoms with Crippen LogP contribution in [0.2, 0.25) is 0 Å². The highest BCUT2D eigenvalue weighted by Crippen LogP contribution is 2.48. The third-order valence-corrected chi connectivity index (χ3v) is 4.19. The second kappa shape index (κ2) is 4.30. The first-order valence-corrected chi connectivity index (χ1v) is 6.63. The monoisotopic (exact) mass is 227 g/mol. The van der Waals surface area contributed by atoms with Gasteiger partial charge in [0.25, 0.3) is 0 Å². The summed E-state index contributed by atoms with van der Waals surface area (Å²) in [5.41, 5.74) is 5.44. The van der Waals surface area contributed by atoms with E-state index in [1.807, 2.05) is 6.92 Å². The summed E-state index contributed by atoms with van der Waals surface area (Å²) in [5.74, 6) is 0.563. The highest BCUT2D eigenvalue weighted by atomic mass is 16.3. The normalized spacial score (nSPS) is 38.1. The van der Waals surface area contributed by atoms with Gasteiger partial charge >= 0.3 is 0 Å². The molecular weight excluding hydrogens is 198 g/mol. The van der Waals surface area contributed by atoms with Crippen LogP contribution in [0.3, 0.4) is 0 Å². The Hall–Kier alpha value is -0.0800. The minimum atomic E-state index is -0.690. The summed E-state index contributed by atoms with van der Waals surface area (Å²) in [5, 5.41) is 10.9. The van der Waals surface area contributed by atoms with Crippen LogP contribution >= 0.6 is 0 Å². The molecule has 0 bridgehead atoms. The van der Waals surface area contributed by atoms with Crippen LogP contribution < -0.4 is 5.73 Å². The van der Waals surface area contributed by atoms with Gasteiger partial charge in [-0.3, -0.25) is 0 Å². The van der Waals surface area contributed by atoms with Crippen molar-refractivity contribution in [2.75, 3.05) is 0 Å². The van der Waals surface area contributed by atoms with Gasteiger partial charge in [0, 0.05) is 5.54 Å². The molecule has 1 aliphatic carbocycles. The molecule has 1 fully saturated rings. The minimum Gasteiger partial charge on any atom is -0.388 e. The molecule has 0 radical (unpaired) electrons. The molecule has 0 aromatic heterocycles. The van der Waals surface area contributed by atoms with Gasteiger partial charge in [0.05, 0.1) is 5.60 Å². The molecule has 0 spiro atoms. The Labute approximate surface area is 101 Å². The maximum Gasteiger partial charge on any atom is 0.0831 e. The second-order valence-corrected chi connectivity index (χ2v) is 7.05. The molecule has 2 heteroatoms. The van der Waals surface area contributed by atoms with E-state index < -0.39 is 11.1 Å². The summed E-state index contributed by atoms with van der Waals surface area (Å²) in [6.45, 7) is 10.9. The molecule has 1 aliphatic rings. The molecule has 1 saturated carbocycles. The van der Waals surface area contributed by atoms with Gasteiger partial charge in [0.1, 0.15) is 0 Å². The molecule has 2 nitrogen and oxygen atoms in total. The van der Waals surface area contributed by atoms with Crippen molar-refractivity contribution in [2.45, 2.75) is 77.9 Å². The smallest absolute Gasteiger partial charge is 0.0831 e. The van der Waals surface area contributed by atoms with Crippen molar-refractivity contribution in [1.82, 2.24) is 0 Å². The van der Waals surface area contributed by atoms with Crippen molar-refractivity contribution in [3.63, 3.8) is 0 Å². The lowest BCUT2D eigenvalue weighted by molar-refractivity contribution is -0.108. The lowest BCUT2D eigenvalue weighted by Gasteiger charge is -2.52. The van der Waals surface area contributed by atoms with Gasteiger partial charge in [-0.15, -0.1) is 0 Å². The second-order valence-electron chi connectivity index (χ2n) is 7.05. The summed E-state index contributed by atoms with van der Waals surface area (Å²) in [4.78, 5) is 0. The van der Waals surface area contributed by atoms with E-state index in [-0.39, 0.29) is 5.41 Å². The molecule has 0 aliphatic heterocycles. The van der Waals surface area contributed by atoms with Crippen LogP contribution in [0.15, 0.2) is 0 Å². The Morgan fingerprint density at radius 1 is 1.38 bits per heavy atom. The van der Waals surface area contributed by atoms with E-state index in [4.69, 9.17) is 5.73 Å². The van der Waals surface area contributed by atoms with E-state index in [9.17, 15) is 5.11 Å². The van der Waals surface area contributed by atoms with E-state index >= 15 is 0 Å². The average Bonchev–Trinajstić information content (AvgIpc) is 1.97. The van der Waals surface area contributed by atoms with Gasteiger partial charge in [-0.2, -0.15) is 0 Å². The molecule has 0 amide bonds. The molecule has 3 N–H and O–H groups in total. The Morgan fingerprint density at radius 3 is 2.38 bits per heavy atom. The van der Waals surface area contributed by atoms with Crippen LogP contribution in [0.25, 0.3) is 0 Å². The fraction of sp³-hybridized carbons (Fsp3) is 1.00. The summed E-state index contributed by atoms with van der Waals surface area (Å²) < 4.78 is 0. The van der Waals surface area contributed by atoms with Crippen LogP contribution in [0.4, 0.5) is 0 Å². The summed E-state index contributed by atoms with van der Waals surface area (Å²) in [6.07, 6.45) is 4.80. The maximum atomic E-state index is 10.9. The number of aliphatic hydroxyl groups is 1. The Morgan fingerprint density at radius 2 is 1.94 bits per heavy atom. The van der Waals surface area contributed by atoms with Crippen molar-refractivity contribution in [3.8, 4) is 0 Å². The fourth-order valence-electron chi connectivity index (χ4n) is 3.72. The number of nitrogens with two attached hydrogens (primary N) is 1. The summed E-state index contributed by atoms with van der Waals surface area (Å²) in [7, 11) is 0. The zero-order valence-electron chi connectivity index (χ0n) is 11.6. The number of rotatable bonds is 3. The zero-order chi connectivity index (χ0) is 12.6. The van der Waals surface area contributed by atoms with Crippen LogP contribution in [-0.4, -0.2) is 16.2 Å². The van der Waals surface area contributed by atoms with Crippen molar-refractivity contribution in [3.05, 3.63) is 0 Å². The molecule has 0 heterocycles. The Bertz CT molecular complexity index is 247. The molecule has 3 atom stereocenters. The fourth-order valence-corrected chi connectivity index (χ4v) is 3.72. The highest BCUT2D eigenvalue weighted by Gasteiger charge is 2.50. The lowest BCUT2D eigenvalue weighted by Crippen LogP contribution is -2.62. The SMILES string of the molecule is CCCC(C)(N)C1(O)CC(C)CC(C)(C)C1. The van der Waals surface area contributed by atoms with Crippen LogP contribution in [-0.2, 0) is 0 Å². The minimum absolute atomic E-state index is 0.209. The molecule has 16 heavy (non-hydrogen) atoms. The molecule has 1 rings (SSSR count). The van der Waals surface area contributed by atoms with Crippen molar-refractivity contribution in [2.24, 2.45) is 17.1 Å². The first kappa shape index (κ1) is 14.0. The highest BCUT2D eigenvalue weighted by molar-refractivity contribution is 5.06. The van der Waals surface area contributed by atoms with Crippen LogP contribution in [0.5, 0.6) is 0 Å². The van der Waals surface area contributed by atoms with E-state index in [1.54, 1.807) is 0 Å². The van der Waals surface area contributed by atoms with E-state index in [2.05, 4.69) is 27.7 Å².